The lowest BCUT2D eigenvalue weighted by Crippen LogP contribution is -2.50. The van der Waals surface area contributed by atoms with Crippen LogP contribution in [0.1, 0.15) is 43.9 Å². The zero-order chi connectivity index (χ0) is 24.4. The van der Waals surface area contributed by atoms with E-state index in [1.54, 1.807) is 16.7 Å². The summed E-state index contributed by atoms with van der Waals surface area (Å²) in [7, 11) is 0. The van der Waals surface area contributed by atoms with Crippen LogP contribution in [0.3, 0.4) is 0 Å². The Bertz CT molecular complexity index is 941. The molecule has 0 aliphatic carbocycles. The van der Waals surface area contributed by atoms with E-state index in [4.69, 9.17) is 0 Å². The van der Waals surface area contributed by atoms with Crippen LogP contribution < -0.4 is 5.32 Å². The monoisotopic (exact) mass is 474 g/mol. The summed E-state index contributed by atoms with van der Waals surface area (Å²) in [4.78, 5) is 27.5. The van der Waals surface area contributed by atoms with Gasteiger partial charge in [0.25, 0.3) is 0 Å². The summed E-state index contributed by atoms with van der Waals surface area (Å²) in [6.45, 7) is 6.97. The molecule has 1 N–H and O–H groups in total. The first-order valence-corrected chi connectivity index (χ1v) is 12.9. The molecular formula is C29H34N2O2S. The first-order valence-electron chi connectivity index (χ1n) is 11.9. The number of hydrogen-bond acceptors (Lipinski definition) is 3. The Labute approximate surface area is 207 Å². The molecule has 178 valence electrons. The van der Waals surface area contributed by atoms with E-state index >= 15 is 0 Å². The molecule has 0 saturated carbocycles. The highest BCUT2D eigenvalue weighted by atomic mass is 32.2. The van der Waals surface area contributed by atoms with Gasteiger partial charge in [0.1, 0.15) is 6.04 Å². The Morgan fingerprint density at radius 1 is 0.765 bits per heavy atom. The second-order valence-electron chi connectivity index (χ2n) is 8.07. The fourth-order valence-electron chi connectivity index (χ4n) is 4.20. The van der Waals surface area contributed by atoms with Crippen molar-refractivity contribution >= 4 is 23.6 Å². The molecule has 3 aromatic rings. The fraction of sp³-hybridized carbons (Fsp3) is 0.310. The Kier molecular flexibility index (Phi) is 9.34. The number of carbonyl (C=O) groups is 2. The molecule has 4 nitrogen and oxygen atoms in total. The molecule has 0 aliphatic heterocycles. The normalized spacial score (nSPS) is 12.1. The molecule has 1 atom stereocenters. The number of nitrogens with one attached hydrogen (secondary N) is 1. The largest absolute Gasteiger partial charge is 0.344 e. The van der Waals surface area contributed by atoms with Crippen molar-refractivity contribution in [1.82, 2.24) is 10.2 Å². The van der Waals surface area contributed by atoms with E-state index in [0.29, 0.717) is 25.3 Å². The maximum Gasteiger partial charge on any atom is 0.245 e. The van der Waals surface area contributed by atoms with Crippen molar-refractivity contribution in [3.05, 3.63) is 108 Å². The van der Waals surface area contributed by atoms with Gasteiger partial charge in [-0.15, -0.1) is 11.8 Å². The quantitative estimate of drug-likeness (QED) is 0.375. The highest BCUT2D eigenvalue weighted by Crippen LogP contribution is 2.48. The van der Waals surface area contributed by atoms with Gasteiger partial charge in [0.15, 0.2) is 0 Å². The van der Waals surface area contributed by atoms with Crippen molar-refractivity contribution in [3.8, 4) is 0 Å². The van der Waals surface area contributed by atoms with Gasteiger partial charge >= 0.3 is 0 Å². The second-order valence-corrected chi connectivity index (χ2v) is 9.31. The average Bonchev–Trinajstić information content (AvgIpc) is 2.90. The summed E-state index contributed by atoms with van der Waals surface area (Å²) in [6.07, 6.45) is 0.341. The summed E-state index contributed by atoms with van der Waals surface area (Å²) in [6, 6.07) is 30.6. The van der Waals surface area contributed by atoms with Gasteiger partial charge in [0.2, 0.25) is 11.8 Å². The summed E-state index contributed by atoms with van der Waals surface area (Å²) >= 11 is 1.69. The number of carbonyl (C=O) groups excluding carboxylic acids is 2. The molecular weight excluding hydrogens is 440 g/mol. The topological polar surface area (TPSA) is 49.4 Å². The van der Waals surface area contributed by atoms with E-state index < -0.39 is 10.8 Å². The van der Waals surface area contributed by atoms with Gasteiger partial charge in [-0.25, -0.2) is 0 Å². The third-order valence-electron chi connectivity index (χ3n) is 6.04. The van der Waals surface area contributed by atoms with Gasteiger partial charge in [-0.3, -0.25) is 9.59 Å². The molecule has 3 aromatic carbocycles. The Hall–Kier alpha value is -3.05. The third kappa shape index (κ3) is 5.71. The van der Waals surface area contributed by atoms with Crippen LogP contribution in [0.2, 0.25) is 0 Å². The molecule has 0 unspecified atom stereocenters. The first-order chi connectivity index (χ1) is 16.6. The van der Waals surface area contributed by atoms with Crippen LogP contribution in [0, 0.1) is 0 Å². The van der Waals surface area contributed by atoms with Crippen LogP contribution in [0.15, 0.2) is 91.0 Å². The lowest BCUT2D eigenvalue weighted by atomic mass is 9.84. The zero-order valence-electron chi connectivity index (χ0n) is 20.2. The minimum absolute atomic E-state index is 0.0395. The Balaban J connectivity index is 2.11. The smallest absolute Gasteiger partial charge is 0.245 e. The van der Waals surface area contributed by atoms with Crippen molar-refractivity contribution in [2.24, 2.45) is 0 Å². The molecule has 0 spiro atoms. The summed E-state index contributed by atoms with van der Waals surface area (Å²) in [5.41, 5.74) is 3.40. The van der Waals surface area contributed by atoms with Crippen molar-refractivity contribution in [2.75, 3.05) is 18.8 Å². The fourth-order valence-corrected chi connectivity index (χ4v) is 5.75. The lowest BCUT2D eigenvalue weighted by Gasteiger charge is -2.37. The van der Waals surface area contributed by atoms with E-state index in [1.165, 1.54) is 0 Å². The van der Waals surface area contributed by atoms with E-state index in [9.17, 15) is 9.59 Å². The number of benzene rings is 3. The Morgan fingerprint density at radius 2 is 1.18 bits per heavy atom. The minimum atomic E-state index is -0.604. The van der Waals surface area contributed by atoms with Gasteiger partial charge in [0.05, 0.1) is 4.75 Å². The van der Waals surface area contributed by atoms with Gasteiger partial charge in [-0.1, -0.05) is 97.9 Å². The van der Waals surface area contributed by atoms with E-state index in [-0.39, 0.29) is 11.8 Å². The van der Waals surface area contributed by atoms with Crippen LogP contribution in [0.25, 0.3) is 0 Å². The molecule has 0 radical (unpaired) electrons. The van der Waals surface area contributed by atoms with Crippen molar-refractivity contribution in [2.45, 2.75) is 38.0 Å². The Morgan fingerprint density at radius 3 is 1.53 bits per heavy atom. The standard InChI is InChI=1S/C29H34N2O2S/c1-4-27(32)30-26(28(33)31(5-2)6-3)22-34-29(23-16-10-7-11-17-23,24-18-12-8-13-19-24)25-20-14-9-15-21-25/h7-21,26H,4-6,22H2,1-3H3,(H,30,32)/t26-/m0/s1. The molecule has 0 aromatic heterocycles. The van der Waals surface area contributed by atoms with E-state index in [0.717, 1.165) is 16.7 Å². The van der Waals surface area contributed by atoms with Crippen molar-refractivity contribution in [1.29, 1.82) is 0 Å². The highest BCUT2D eigenvalue weighted by molar-refractivity contribution is 8.00. The van der Waals surface area contributed by atoms with Crippen LogP contribution in [0.4, 0.5) is 0 Å². The maximum atomic E-state index is 13.4. The molecule has 0 fully saturated rings. The number of likely N-dealkylation sites (N-methyl/N-ethyl adjacent to an activating group) is 1. The summed E-state index contributed by atoms with van der Waals surface area (Å²) in [5, 5.41) is 2.99. The van der Waals surface area contributed by atoms with Gasteiger partial charge in [-0.2, -0.15) is 0 Å². The molecule has 0 bridgehead atoms. The first kappa shape index (κ1) is 25.6. The minimum Gasteiger partial charge on any atom is -0.344 e. The number of hydrogen-bond donors (Lipinski definition) is 1. The summed E-state index contributed by atoms with van der Waals surface area (Å²) < 4.78 is -0.539. The predicted molar refractivity (Wildman–Crippen MR) is 142 cm³/mol. The van der Waals surface area contributed by atoms with Gasteiger partial charge < -0.3 is 10.2 Å². The average molecular weight is 475 g/mol. The molecule has 5 heteroatoms. The highest BCUT2D eigenvalue weighted by Gasteiger charge is 2.38. The lowest BCUT2D eigenvalue weighted by molar-refractivity contribution is -0.135. The van der Waals surface area contributed by atoms with Gasteiger partial charge in [0, 0.05) is 25.3 Å². The molecule has 3 rings (SSSR count). The number of nitrogens with zero attached hydrogens (tertiary/aromatic N) is 1. The SMILES string of the molecule is CCC(=O)N[C@@H](CSC(c1ccccc1)(c1ccccc1)c1ccccc1)C(=O)N(CC)CC. The molecule has 0 aliphatic rings. The molecule has 0 heterocycles. The zero-order valence-corrected chi connectivity index (χ0v) is 21.1. The number of amides is 2. The third-order valence-corrected chi connectivity index (χ3v) is 7.68. The number of thioether (sulfide) groups is 1. The molecule has 34 heavy (non-hydrogen) atoms. The van der Waals surface area contributed by atoms with Crippen molar-refractivity contribution in [3.63, 3.8) is 0 Å². The molecule has 0 saturated heterocycles. The van der Waals surface area contributed by atoms with E-state index in [2.05, 4.69) is 41.7 Å². The van der Waals surface area contributed by atoms with E-state index in [1.807, 2.05) is 75.4 Å². The van der Waals surface area contributed by atoms with Crippen LogP contribution in [-0.4, -0.2) is 41.6 Å². The van der Waals surface area contributed by atoms with Gasteiger partial charge in [-0.05, 0) is 30.5 Å². The molecule has 2 amide bonds. The maximum absolute atomic E-state index is 13.4. The van der Waals surface area contributed by atoms with Crippen molar-refractivity contribution < 1.29 is 9.59 Å². The summed E-state index contributed by atoms with van der Waals surface area (Å²) in [5.74, 6) is 0.290. The second kappa shape index (κ2) is 12.4. The number of rotatable bonds is 11. The predicted octanol–water partition coefficient (Wildman–Crippen LogP) is 5.47. The van der Waals surface area contributed by atoms with Crippen LogP contribution in [0.5, 0.6) is 0 Å². The van der Waals surface area contributed by atoms with Crippen LogP contribution >= 0.6 is 11.8 Å². The van der Waals surface area contributed by atoms with Crippen LogP contribution in [-0.2, 0) is 14.3 Å².